The molecule has 0 aromatic heterocycles. The van der Waals surface area contributed by atoms with Crippen molar-refractivity contribution in [2.24, 2.45) is 0 Å². The van der Waals surface area contributed by atoms with Crippen molar-refractivity contribution in [2.45, 2.75) is 13.3 Å². The Kier molecular flexibility index (Phi) is 4.82. The van der Waals surface area contributed by atoms with Gasteiger partial charge in [0.05, 0.1) is 0 Å². The van der Waals surface area contributed by atoms with Crippen molar-refractivity contribution in [3.8, 4) is 0 Å². The van der Waals surface area contributed by atoms with Crippen molar-refractivity contribution in [3.05, 3.63) is 67.1 Å². The van der Waals surface area contributed by atoms with Crippen molar-refractivity contribution >= 4 is 49.2 Å². The lowest BCUT2D eigenvalue weighted by molar-refractivity contribution is 0.0992. The minimum absolute atomic E-state index is 0.0423. The minimum atomic E-state index is 0.0423. The minimum Gasteiger partial charge on any atom is -0.294 e. The van der Waals surface area contributed by atoms with Gasteiger partial charge >= 0.3 is 0 Å². The van der Waals surface area contributed by atoms with Crippen LogP contribution in [-0.2, 0) is 6.42 Å². The van der Waals surface area contributed by atoms with Crippen LogP contribution in [0.2, 0.25) is 5.02 Å². The summed E-state index contributed by atoms with van der Waals surface area (Å²) in [4.78, 5) is 12.3. The molecule has 0 radical (unpaired) electrons. The number of ketones is 1. The van der Waals surface area contributed by atoms with Crippen LogP contribution in [0.4, 0.5) is 0 Å². The van der Waals surface area contributed by atoms with E-state index in [1.54, 1.807) is 6.07 Å². The molecule has 1 nitrogen and oxygen atoms in total. The van der Waals surface area contributed by atoms with Crippen molar-refractivity contribution in [2.75, 3.05) is 0 Å². The summed E-state index contributed by atoms with van der Waals surface area (Å²) in [5, 5.41) is 0.623. The Morgan fingerprint density at radius 1 is 1.16 bits per heavy atom. The molecule has 2 aromatic rings. The van der Waals surface area contributed by atoms with Crippen LogP contribution in [0.5, 0.6) is 0 Å². The first-order valence-electron chi connectivity index (χ1n) is 5.71. The average molecular weight is 403 g/mol. The van der Waals surface area contributed by atoms with E-state index in [0.29, 0.717) is 17.0 Å². The highest BCUT2D eigenvalue weighted by molar-refractivity contribution is 9.11. The Labute approximate surface area is 134 Å². The summed E-state index contributed by atoms with van der Waals surface area (Å²) >= 11 is 13.0. The zero-order valence-corrected chi connectivity index (χ0v) is 14.1. The average Bonchev–Trinajstić information content (AvgIpc) is 2.36. The fraction of sp³-hybridized carbons (Fsp3) is 0.133. The van der Waals surface area contributed by atoms with Gasteiger partial charge in [0.15, 0.2) is 5.78 Å². The van der Waals surface area contributed by atoms with E-state index in [9.17, 15) is 4.79 Å². The third-order valence-corrected chi connectivity index (χ3v) is 4.74. The third-order valence-electron chi connectivity index (χ3n) is 2.86. The molecule has 98 valence electrons. The van der Waals surface area contributed by atoms with E-state index in [1.165, 1.54) is 0 Å². The lowest BCUT2D eigenvalue weighted by Gasteiger charge is -2.08. The molecule has 0 aliphatic rings. The molecule has 0 atom stereocenters. The van der Waals surface area contributed by atoms with Crippen molar-refractivity contribution < 1.29 is 4.79 Å². The fourth-order valence-corrected chi connectivity index (χ4v) is 2.99. The molecule has 0 heterocycles. The Morgan fingerprint density at radius 3 is 2.53 bits per heavy atom. The molecule has 0 fully saturated rings. The molecule has 0 spiro atoms. The van der Waals surface area contributed by atoms with Gasteiger partial charge in [0.25, 0.3) is 0 Å². The van der Waals surface area contributed by atoms with Gasteiger partial charge in [0, 0.05) is 26.0 Å². The molecular formula is C15H11Br2ClO. The van der Waals surface area contributed by atoms with Crippen molar-refractivity contribution in [3.63, 3.8) is 0 Å². The maximum atomic E-state index is 12.3. The molecule has 2 aromatic carbocycles. The van der Waals surface area contributed by atoms with E-state index < -0.39 is 0 Å². The van der Waals surface area contributed by atoms with Gasteiger partial charge in [-0.3, -0.25) is 4.79 Å². The molecule has 0 saturated carbocycles. The van der Waals surface area contributed by atoms with Crippen LogP contribution in [0.3, 0.4) is 0 Å². The van der Waals surface area contributed by atoms with Gasteiger partial charge in [-0.15, -0.1) is 0 Å². The van der Waals surface area contributed by atoms with E-state index in [4.69, 9.17) is 11.6 Å². The van der Waals surface area contributed by atoms with E-state index >= 15 is 0 Å². The van der Waals surface area contributed by atoms with Gasteiger partial charge in [-0.25, -0.2) is 0 Å². The van der Waals surface area contributed by atoms with Crippen LogP contribution in [0.1, 0.15) is 21.5 Å². The number of hydrogen-bond acceptors (Lipinski definition) is 1. The van der Waals surface area contributed by atoms with Gasteiger partial charge in [-0.1, -0.05) is 61.7 Å². The first kappa shape index (κ1) is 14.8. The molecule has 4 heteroatoms. The summed E-state index contributed by atoms with van der Waals surface area (Å²) in [6, 6.07) is 11.2. The Bertz CT molecular complexity index is 638. The van der Waals surface area contributed by atoms with Crippen LogP contribution in [-0.4, -0.2) is 5.78 Å². The Morgan fingerprint density at radius 2 is 1.84 bits per heavy atom. The quantitative estimate of drug-likeness (QED) is 0.611. The largest absolute Gasteiger partial charge is 0.294 e. The Balaban J connectivity index is 2.31. The van der Waals surface area contributed by atoms with E-state index in [-0.39, 0.29) is 5.78 Å². The molecule has 0 amide bonds. The monoisotopic (exact) mass is 400 g/mol. The third kappa shape index (κ3) is 3.47. The van der Waals surface area contributed by atoms with Crippen LogP contribution in [0, 0.1) is 6.92 Å². The number of carbonyl (C=O) groups excluding carboxylic acids is 1. The normalized spacial score (nSPS) is 10.5. The number of hydrogen-bond donors (Lipinski definition) is 0. The van der Waals surface area contributed by atoms with E-state index in [2.05, 4.69) is 31.9 Å². The number of rotatable bonds is 3. The first-order chi connectivity index (χ1) is 8.99. The van der Waals surface area contributed by atoms with Crippen LogP contribution >= 0.6 is 43.5 Å². The number of benzene rings is 2. The topological polar surface area (TPSA) is 17.1 Å². The molecule has 0 aliphatic heterocycles. The smallest absolute Gasteiger partial charge is 0.168 e. The molecule has 0 bridgehead atoms. The van der Waals surface area contributed by atoms with Gasteiger partial charge in [0.2, 0.25) is 0 Å². The van der Waals surface area contributed by atoms with Crippen LogP contribution < -0.4 is 0 Å². The van der Waals surface area contributed by atoms with Crippen LogP contribution in [0.15, 0.2) is 45.3 Å². The second-order valence-corrected chi connectivity index (χ2v) is 6.39. The molecule has 0 aliphatic carbocycles. The summed E-state index contributed by atoms with van der Waals surface area (Å²) in [5.41, 5.74) is 2.59. The molecule has 0 N–H and O–H groups in total. The summed E-state index contributed by atoms with van der Waals surface area (Å²) in [7, 11) is 0. The maximum Gasteiger partial charge on any atom is 0.168 e. The summed E-state index contributed by atoms with van der Waals surface area (Å²) in [6.07, 6.45) is 0.299. The lowest BCUT2D eigenvalue weighted by atomic mass is 10.0. The molecule has 0 unspecified atom stereocenters. The van der Waals surface area contributed by atoms with Gasteiger partial charge in [-0.2, -0.15) is 0 Å². The molecular weight excluding hydrogens is 391 g/mol. The van der Waals surface area contributed by atoms with E-state index in [0.717, 1.165) is 20.1 Å². The van der Waals surface area contributed by atoms with Crippen molar-refractivity contribution in [1.82, 2.24) is 0 Å². The molecule has 19 heavy (non-hydrogen) atoms. The van der Waals surface area contributed by atoms with Crippen molar-refractivity contribution in [1.29, 1.82) is 0 Å². The Hall–Kier alpha value is -0.640. The standard InChI is InChI=1S/C15H11Br2ClO/c1-9-6-13(17)11(8-12(9)16)15(19)7-10-4-2-3-5-14(10)18/h2-6,8H,7H2,1H3. The number of Topliss-reactive ketones (excluding diaryl/α,β-unsaturated/α-hetero) is 1. The fourth-order valence-electron chi connectivity index (χ4n) is 1.77. The van der Waals surface area contributed by atoms with Gasteiger partial charge < -0.3 is 0 Å². The zero-order valence-electron chi connectivity index (χ0n) is 10.2. The number of carbonyl (C=O) groups is 1. The summed E-state index contributed by atoms with van der Waals surface area (Å²) < 4.78 is 1.74. The number of aryl methyl sites for hydroxylation is 1. The second kappa shape index (κ2) is 6.21. The lowest BCUT2D eigenvalue weighted by Crippen LogP contribution is -2.05. The molecule has 0 saturated heterocycles. The highest BCUT2D eigenvalue weighted by atomic mass is 79.9. The molecule has 2 rings (SSSR count). The van der Waals surface area contributed by atoms with E-state index in [1.807, 2.05) is 37.3 Å². The maximum absolute atomic E-state index is 12.3. The highest BCUT2D eigenvalue weighted by Gasteiger charge is 2.14. The predicted molar refractivity (Wildman–Crippen MR) is 86.1 cm³/mol. The predicted octanol–water partition coefficient (Wildman–Crippen LogP) is 5.60. The summed E-state index contributed by atoms with van der Waals surface area (Å²) in [6.45, 7) is 1.98. The van der Waals surface area contributed by atoms with Gasteiger partial charge in [0.1, 0.15) is 0 Å². The second-order valence-electron chi connectivity index (χ2n) is 4.27. The summed E-state index contributed by atoms with van der Waals surface area (Å²) in [5.74, 6) is 0.0423. The number of halogens is 3. The van der Waals surface area contributed by atoms with Gasteiger partial charge in [-0.05, 0) is 36.2 Å². The van der Waals surface area contributed by atoms with Crippen LogP contribution in [0.25, 0.3) is 0 Å². The first-order valence-corrected chi connectivity index (χ1v) is 7.67. The highest BCUT2D eigenvalue weighted by Crippen LogP contribution is 2.27. The SMILES string of the molecule is Cc1cc(Br)c(C(=O)Cc2ccccc2Cl)cc1Br. The zero-order chi connectivity index (χ0) is 14.0.